The lowest BCUT2D eigenvalue weighted by Crippen LogP contribution is -2.41. The minimum Gasteiger partial charge on any atom is -0.444 e. The van der Waals surface area contributed by atoms with E-state index in [-0.39, 0.29) is 11.5 Å². The van der Waals surface area contributed by atoms with Gasteiger partial charge >= 0.3 is 6.09 Å². The summed E-state index contributed by atoms with van der Waals surface area (Å²) < 4.78 is 48.6. The number of hydrogen-bond donors (Lipinski definition) is 0. The lowest BCUT2D eigenvalue weighted by molar-refractivity contribution is 0.0203. The van der Waals surface area contributed by atoms with Gasteiger partial charge in [0.05, 0.1) is 0 Å². The Kier molecular flexibility index (Phi) is 6.70. The van der Waals surface area contributed by atoms with Crippen molar-refractivity contribution in [3.8, 4) is 0 Å². The normalized spacial score (nSPS) is 15.4. The Bertz CT molecular complexity index is 935. The van der Waals surface area contributed by atoms with Gasteiger partial charge in [-0.2, -0.15) is 0 Å². The van der Waals surface area contributed by atoms with E-state index in [1.807, 2.05) is 0 Å². The number of halogens is 3. The van der Waals surface area contributed by atoms with E-state index in [1.54, 1.807) is 44.7 Å². The molecule has 1 heterocycles. The lowest BCUT2D eigenvalue weighted by Gasteiger charge is -2.34. The Morgan fingerprint density at radius 1 is 1.03 bits per heavy atom. The van der Waals surface area contributed by atoms with E-state index in [0.29, 0.717) is 35.7 Å². The van der Waals surface area contributed by atoms with Crippen LogP contribution in [0.25, 0.3) is 0 Å². The fourth-order valence-electron chi connectivity index (χ4n) is 3.50. The Balaban J connectivity index is 1.81. The van der Waals surface area contributed by atoms with Crippen LogP contribution in [0.5, 0.6) is 0 Å². The third-order valence-corrected chi connectivity index (χ3v) is 6.08. The number of aryl methyl sites for hydroxylation is 1. The Morgan fingerprint density at radius 3 is 2.27 bits per heavy atom. The minimum absolute atomic E-state index is 0.254. The van der Waals surface area contributed by atoms with Gasteiger partial charge < -0.3 is 9.64 Å². The number of hydrogen-bond acceptors (Lipinski definition) is 3. The molecule has 1 saturated heterocycles. The zero-order chi connectivity index (χ0) is 22.1. The average Bonchev–Trinajstić information content (AvgIpc) is 2.66. The van der Waals surface area contributed by atoms with Gasteiger partial charge in [0.15, 0.2) is 11.6 Å². The second-order valence-corrected chi connectivity index (χ2v) is 9.63. The molecular formula is C23H26F3NO2S. The molecule has 0 radical (unpaired) electrons. The van der Waals surface area contributed by atoms with Crippen LogP contribution in [0.1, 0.15) is 50.7 Å². The van der Waals surface area contributed by atoms with Gasteiger partial charge in [-0.25, -0.2) is 18.0 Å². The number of likely N-dealkylation sites (tertiary alicyclic amines) is 1. The summed E-state index contributed by atoms with van der Waals surface area (Å²) in [6, 6.07) is 7.41. The highest BCUT2D eigenvalue weighted by Crippen LogP contribution is 2.41. The third kappa shape index (κ3) is 5.31. The SMILES string of the molecule is Cc1ccc(Sc2ccc(F)c(F)c2C2CCN(C(=O)OC(C)(C)C)CC2)c(F)c1. The number of amides is 1. The van der Waals surface area contributed by atoms with Crippen molar-refractivity contribution in [2.45, 2.75) is 61.8 Å². The van der Waals surface area contributed by atoms with Crippen LogP contribution in [-0.4, -0.2) is 29.7 Å². The highest BCUT2D eigenvalue weighted by molar-refractivity contribution is 7.99. The molecule has 162 valence electrons. The number of carbonyl (C=O) groups is 1. The van der Waals surface area contributed by atoms with Crippen molar-refractivity contribution in [2.75, 3.05) is 13.1 Å². The zero-order valence-corrected chi connectivity index (χ0v) is 18.4. The molecule has 1 amide bonds. The maximum Gasteiger partial charge on any atom is 0.410 e. The lowest BCUT2D eigenvalue weighted by atomic mass is 9.89. The summed E-state index contributed by atoms with van der Waals surface area (Å²) in [4.78, 5) is 14.7. The van der Waals surface area contributed by atoms with E-state index in [2.05, 4.69) is 0 Å². The highest BCUT2D eigenvalue weighted by Gasteiger charge is 2.31. The maximum atomic E-state index is 14.8. The van der Waals surface area contributed by atoms with Crippen LogP contribution in [0, 0.1) is 24.4 Å². The topological polar surface area (TPSA) is 29.5 Å². The van der Waals surface area contributed by atoms with E-state index in [0.717, 1.165) is 23.4 Å². The van der Waals surface area contributed by atoms with Crippen molar-refractivity contribution < 1.29 is 22.7 Å². The number of benzene rings is 2. The monoisotopic (exact) mass is 437 g/mol. The predicted octanol–water partition coefficient (Wildman–Crippen LogP) is 6.68. The van der Waals surface area contributed by atoms with Crippen molar-refractivity contribution in [1.82, 2.24) is 4.90 Å². The molecule has 0 spiro atoms. The molecule has 3 rings (SSSR count). The Hall–Kier alpha value is -2.15. The van der Waals surface area contributed by atoms with Crippen LogP contribution < -0.4 is 0 Å². The van der Waals surface area contributed by atoms with Crippen molar-refractivity contribution in [1.29, 1.82) is 0 Å². The van der Waals surface area contributed by atoms with E-state index in [1.165, 1.54) is 12.1 Å². The van der Waals surface area contributed by atoms with Gasteiger partial charge in [-0.3, -0.25) is 0 Å². The number of carbonyl (C=O) groups excluding carboxylic acids is 1. The smallest absolute Gasteiger partial charge is 0.410 e. The first-order valence-corrected chi connectivity index (χ1v) is 10.8. The Morgan fingerprint density at radius 2 is 1.67 bits per heavy atom. The standard InChI is InChI=1S/C23H26F3NO2S/c1-14-5-7-18(17(25)13-14)30-19-8-6-16(24)21(26)20(19)15-9-11-27(12-10-15)22(28)29-23(2,3)4/h5-8,13,15H,9-12H2,1-4H3. The first kappa shape index (κ1) is 22.5. The van der Waals surface area contributed by atoms with Crippen LogP contribution in [-0.2, 0) is 4.74 Å². The van der Waals surface area contributed by atoms with E-state index >= 15 is 0 Å². The molecule has 0 aliphatic carbocycles. The Labute approximate surface area is 179 Å². The molecule has 0 saturated carbocycles. The number of nitrogens with zero attached hydrogens (tertiary/aromatic N) is 1. The largest absolute Gasteiger partial charge is 0.444 e. The van der Waals surface area contributed by atoms with E-state index in [9.17, 15) is 18.0 Å². The molecule has 1 fully saturated rings. The van der Waals surface area contributed by atoms with Gasteiger partial charge in [-0.05, 0) is 76.3 Å². The molecule has 0 aromatic heterocycles. The van der Waals surface area contributed by atoms with Crippen LogP contribution in [0.3, 0.4) is 0 Å². The zero-order valence-electron chi connectivity index (χ0n) is 17.6. The van der Waals surface area contributed by atoms with Crippen LogP contribution >= 0.6 is 11.8 Å². The fraction of sp³-hybridized carbons (Fsp3) is 0.435. The van der Waals surface area contributed by atoms with Gasteiger partial charge in [0.2, 0.25) is 0 Å². The second-order valence-electron chi connectivity index (χ2n) is 8.55. The summed E-state index contributed by atoms with van der Waals surface area (Å²) in [6.07, 6.45) is 0.546. The molecular weight excluding hydrogens is 411 g/mol. The first-order chi connectivity index (χ1) is 14.0. The summed E-state index contributed by atoms with van der Waals surface area (Å²) in [6.45, 7) is 7.96. The highest BCUT2D eigenvalue weighted by atomic mass is 32.2. The van der Waals surface area contributed by atoms with Crippen molar-refractivity contribution in [2.24, 2.45) is 0 Å². The molecule has 3 nitrogen and oxygen atoms in total. The van der Waals surface area contributed by atoms with E-state index < -0.39 is 29.1 Å². The van der Waals surface area contributed by atoms with E-state index in [4.69, 9.17) is 4.74 Å². The quantitative estimate of drug-likeness (QED) is 0.537. The summed E-state index contributed by atoms with van der Waals surface area (Å²) >= 11 is 1.09. The summed E-state index contributed by atoms with van der Waals surface area (Å²) in [5, 5.41) is 0. The molecule has 30 heavy (non-hydrogen) atoms. The summed E-state index contributed by atoms with van der Waals surface area (Å²) in [7, 11) is 0. The summed E-state index contributed by atoms with van der Waals surface area (Å²) in [5.41, 5.74) is 0.450. The van der Waals surface area contributed by atoms with Gasteiger partial charge in [-0.1, -0.05) is 17.8 Å². The predicted molar refractivity (Wildman–Crippen MR) is 111 cm³/mol. The number of piperidine rings is 1. The van der Waals surface area contributed by atoms with Gasteiger partial charge in [-0.15, -0.1) is 0 Å². The molecule has 1 aliphatic heterocycles. The average molecular weight is 438 g/mol. The fourth-order valence-corrected chi connectivity index (χ4v) is 4.53. The van der Waals surface area contributed by atoms with Crippen LogP contribution in [0.2, 0.25) is 0 Å². The van der Waals surface area contributed by atoms with Crippen LogP contribution in [0.15, 0.2) is 40.1 Å². The first-order valence-electron chi connectivity index (χ1n) is 9.95. The second kappa shape index (κ2) is 8.92. The van der Waals surface area contributed by atoms with Crippen molar-refractivity contribution in [3.63, 3.8) is 0 Å². The van der Waals surface area contributed by atoms with Gasteiger partial charge in [0, 0.05) is 28.4 Å². The molecule has 0 atom stereocenters. The van der Waals surface area contributed by atoms with Crippen molar-refractivity contribution in [3.05, 3.63) is 58.9 Å². The number of rotatable bonds is 3. The molecule has 0 unspecified atom stereocenters. The molecule has 1 aliphatic rings. The number of ether oxygens (including phenoxy) is 1. The van der Waals surface area contributed by atoms with Crippen molar-refractivity contribution >= 4 is 17.9 Å². The summed E-state index contributed by atoms with van der Waals surface area (Å²) in [5.74, 6) is -2.48. The molecule has 7 heteroatoms. The van der Waals surface area contributed by atoms with Gasteiger partial charge in [0.1, 0.15) is 11.4 Å². The molecule has 0 N–H and O–H groups in total. The van der Waals surface area contributed by atoms with Gasteiger partial charge in [0.25, 0.3) is 0 Å². The molecule has 0 bridgehead atoms. The molecule has 2 aromatic carbocycles. The minimum atomic E-state index is -0.923. The molecule has 2 aromatic rings. The third-order valence-electron chi connectivity index (χ3n) is 4.95. The maximum absolute atomic E-state index is 14.8. The van der Waals surface area contributed by atoms with Crippen LogP contribution in [0.4, 0.5) is 18.0 Å².